The number of aliphatic hydroxyl groups is 1. The van der Waals surface area contributed by atoms with Crippen molar-refractivity contribution in [1.82, 2.24) is 5.32 Å². The molecule has 0 amide bonds. The van der Waals surface area contributed by atoms with E-state index in [0.29, 0.717) is 10.6 Å². The highest BCUT2D eigenvalue weighted by Crippen LogP contribution is 2.20. The van der Waals surface area contributed by atoms with E-state index in [0.717, 1.165) is 4.90 Å². The average Bonchev–Trinajstić information content (AvgIpc) is 3.20. The van der Waals surface area contributed by atoms with Gasteiger partial charge in [0.25, 0.3) is 0 Å². The van der Waals surface area contributed by atoms with Crippen molar-refractivity contribution in [3.05, 3.63) is 54.6 Å². The van der Waals surface area contributed by atoms with Crippen LogP contribution in [0, 0.1) is 0 Å². The Hall–Kier alpha value is -1.69. The van der Waals surface area contributed by atoms with Gasteiger partial charge in [0.1, 0.15) is 12.4 Å². The third kappa shape index (κ3) is 6.43. The summed E-state index contributed by atoms with van der Waals surface area (Å²) in [4.78, 5) is 1.45. The molecule has 2 unspecified atom stereocenters. The molecule has 1 aliphatic heterocycles. The molecule has 2 atom stereocenters. The van der Waals surface area contributed by atoms with Gasteiger partial charge in [-0.2, -0.15) is 0 Å². The number of ether oxygens (including phenoxy) is 1. The first-order chi connectivity index (χ1) is 11.7. The lowest BCUT2D eigenvalue weighted by atomic mass is 10.3. The molecule has 1 aliphatic rings. The number of rotatable bonds is 5. The Morgan fingerprint density at radius 2 is 1.75 bits per heavy atom. The summed E-state index contributed by atoms with van der Waals surface area (Å²) in [6.07, 6.45) is 2.25. The van der Waals surface area contributed by atoms with Crippen molar-refractivity contribution in [3.63, 3.8) is 0 Å². The van der Waals surface area contributed by atoms with Crippen LogP contribution in [-0.2, 0) is 10.8 Å². The summed E-state index contributed by atoms with van der Waals surface area (Å²) in [5.74, 6) is 0.614. The van der Waals surface area contributed by atoms with E-state index in [2.05, 4.69) is 5.32 Å². The Kier molecular flexibility index (Phi) is 7.95. The zero-order valence-electron chi connectivity index (χ0n) is 14.0. The lowest BCUT2D eigenvalue weighted by Crippen LogP contribution is -2.12. The molecule has 2 aromatic carbocycles. The van der Waals surface area contributed by atoms with Gasteiger partial charge in [-0.3, -0.25) is 0 Å². The van der Waals surface area contributed by atoms with Gasteiger partial charge in [-0.25, -0.2) is 4.21 Å². The van der Waals surface area contributed by atoms with E-state index < -0.39 is 16.9 Å². The second kappa shape index (κ2) is 10.2. The second-order valence-corrected chi connectivity index (χ2v) is 7.15. The Bertz CT molecular complexity index is 620. The normalized spacial score (nSPS) is 15.9. The zero-order chi connectivity index (χ0) is 17.2. The molecule has 1 heterocycles. The fraction of sp³-hybridized carbons (Fsp3) is 0.368. The summed E-state index contributed by atoms with van der Waals surface area (Å²) in [5, 5.41) is 12.4. The Morgan fingerprint density at radius 3 is 2.33 bits per heavy atom. The Labute approximate surface area is 146 Å². The largest absolute Gasteiger partial charge is 0.491 e. The van der Waals surface area contributed by atoms with Crippen molar-refractivity contribution < 1.29 is 14.1 Å². The van der Waals surface area contributed by atoms with Crippen LogP contribution in [0.2, 0.25) is 0 Å². The topological polar surface area (TPSA) is 58.6 Å². The summed E-state index contributed by atoms with van der Waals surface area (Å²) in [6, 6.07) is 16.4. The maximum absolute atomic E-state index is 12.3. The quantitative estimate of drug-likeness (QED) is 0.873. The molecule has 0 bridgehead atoms. The first kappa shape index (κ1) is 18.6. The molecule has 130 valence electrons. The van der Waals surface area contributed by atoms with E-state index in [-0.39, 0.29) is 6.61 Å². The van der Waals surface area contributed by atoms with Crippen molar-refractivity contribution in [1.29, 1.82) is 0 Å². The minimum Gasteiger partial charge on any atom is -0.491 e. The van der Waals surface area contributed by atoms with Gasteiger partial charge in [-0.15, -0.1) is 0 Å². The molecule has 3 rings (SSSR count). The van der Waals surface area contributed by atoms with Crippen LogP contribution in [0.15, 0.2) is 64.4 Å². The number of aliphatic hydroxyl groups excluding tert-OH is 1. The molecule has 0 saturated carbocycles. The van der Waals surface area contributed by atoms with Gasteiger partial charge in [0.15, 0.2) is 0 Å². The summed E-state index contributed by atoms with van der Waals surface area (Å²) in [6.45, 7) is 4.38. The molecular weight excluding hydrogens is 322 g/mol. The molecule has 0 radical (unpaired) electrons. The third-order valence-corrected chi connectivity index (χ3v) is 4.81. The van der Waals surface area contributed by atoms with Crippen LogP contribution in [0.5, 0.6) is 5.75 Å². The SMILES string of the molecule is C1CCNC1.CC(O)COc1cccc(S(=O)c2ccccc2)c1. The van der Waals surface area contributed by atoms with Gasteiger partial charge in [-0.05, 0) is 63.2 Å². The van der Waals surface area contributed by atoms with Crippen molar-refractivity contribution in [2.45, 2.75) is 35.7 Å². The smallest absolute Gasteiger partial charge is 0.120 e. The van der Waals surface area contributed by atoms with Crippen molar-refractivity contribution in [3.8, 4) is 5.75 Å². The Balaban J connectivity index is 0.000000355. The van der Waals surface area contributed by atoms with Crippen molar-refractivity contribution in [2.75, 3.05) is 19.7 Å². The molecule has 0 aromatic heterocycles. The summed E-state index contributed by atoms with van der Waals surface area (Å²) >= 11 is 0. The number of hydrogen-bond donors (Lipinski definition) is 2. The monoisotopic (exact) mass is 347 g/mol. The van der Waals surface area contributed by atoms with E-state index >= 15 is 0 Å². The van der Waals surface area contributed by atoms with E-state index in [1.165, 1.54) is 25.9 Å². The van der Waals surface area contributed by atoms with Gasteiger partial charge in [-0.1, -0.05) is 24.3 Å². The van der Waals surface area contributed by atoms with Crippen molar-refractivity contribution >= 4 is 10.8 Å². The maximum atomic E-state index is 12.3. The van der Waals surface area contributed by atoms with Gasteiger partial charge in [0, 0.05) is 9.79 Å². The van der Waals surface area contributed by atoms with Crippen molar-refractivity contribution in [2.24, 2.45) is 0 Å². The van der Waals surface area contributed by atoms with E-state index in [1.807, 2.05) is 30.3 Å². The second-order valence-electron chi connectivity index (χ2n) is 5.67. The first-order valence-corrected chi connectivity index (χ1v) is 9.40. The summed E-state index contributed by atoms with van der Waals surface area (Å²) < 4.78 is 17.8. The van der Waals surface area contributed by atoms with Crippen LogP contribution in [0.4, 0.5) is 0 Å². The van der Waals surface area contributed by atoms with Crippen LogP contribution in [-0.4, -0.2) is 35.1 Å². The van der Waals surface area contributed by atoms with Gasteiger partial charge in [0.05, 0.1) is 16.9 Å². The fourth-order valence-electron chi connectivity index (χ4n) is 2.20. The molecule has 5 heteroatoms. The predicted octanol–water partition coefficient (Wildman–Crippen LogP) is 2.98. The fourth-order valence-corrected chi connectivity index (χ4v) is 3.30. The van der Waals surface area contributed by atoms with Gasteiger partial charge in [0.2, 0.25) is 0 Å². The van der Waals surface area contributed by atoms with Crippen LogP contribution < -0.4 is 10.1 Å². The lowest BCUT2D eigenvalue weighted by molar-refractivity contribution is 0.122. The van der Waals surface area contributed by atoms with Crippen LogP contribution in [0.3, 0.4) is 0 Å². The number of hydrogen-bond acceptors (Lipinski definition) is 4. The Morgan fingerprint density at radius 1 is 1.08 bits per heavy atom. The molecule has 2 N–H and O–H groups in total. The van der Waals surface area contributed by atoms with Gasteiger partial charge >= 0.3 is 0 Å². The van der Waals surface area contributed by atoms with Crippen LogP contribution >= 0.6 is 0 Å². The first-order valence-electron chi connectivity index (χ1n) is 8.25. The number of benzene rings is 2. The van der Waals surface area contributed by atoms with E-state index in [4.69, 9.17) is 4.74 Å². The zero-order valence-corrected chi connectivity index (χ0v) is 14.8. The molecule has 24 heavy (non-hydrogen) atoms. The summed E-state index contributed by atoms with van der Waals surface area (Å²) in [5.41, 5.74) is 0. The highest BCUT2D eigenvalue weighted by molar-refractivity contribution is 7.85. The van der Waals surface area contributed by atoms with Crippen LogP contribution in [0.1, 0.15) is 19.8 Å². The molecule has 2 aromatic rings. The molecule has 0 spiro atoms. The van der Waals surface area contributed by atoms with E-state index in [1.54, 1.807) is 31.2 Å². The lowest BCUT2D eigenvalue weighted by Gasteiger charge is -2.09. The van der Waals surface area contributed by atoms with E-state index in [9.17, 15) is 9.32 Å². The molecule has 4 nitrogen and oxygen atoms in total. The highest BCUT2D eigenvalue weighted by Gasteiger charge is 2.08. The number of nitrogens with one attached hydrogen (secondary N) is 1. The van der Waals surface area contributed by atoms with Gasteiger partial charge < -0.3 is 15.2 Å². The molecule has 0 aliphatic carbocycles. The third-order valence-electron chi connectivity index (χ3n) is 3.43. The molecule has 1 fully saturated rings. The average molecular weight is 347 g/mol. The maximum Gasteiger partial charge on any atom is 0.120 e. The predicted molar refractivity (Wildman–Crippen MR) is 96.8 cm³/mol. The minimum absolute atomic E-state index is 0.224. The highest BCUT2D eigenvalue weighted by atomic mass is 32.2. The summed E-state index contributed by atoms with van der Waals surface area (Å²) in [7, 11) is -1.21. The standard InChI is InChI=1S/C15H16O3S.C4H9N/c1-12(16)11-18-13-6-5-9-15(10-13)19(17)14-7-3-2-4-8-14;1-2-4-5-3-1/h2-10,12,16H,11H2,1H3;5H,1-4H2. The molecular formula is C19H25NO3S. The van der Waals surface area contributed by atoms with Crippen LogP contribution in [0.25, 0.3) is 0 Å². The molecule has 1 saturated heterocycles. The minimum atomic E-state index is -1.21.